The van der Waals surface area contributed by atoms with Crippen molar-refractivity contribution >= 4 is 17.4 Å². The molecule has 2 N–H and O–H groups in total. The Hall–Kier alpha value is -4.88. The van der Waals surface area contributed by atoms with Gasteiger partial charge >= 0.3 is 0 Å². The van der Waals surface area contributed by atoms with Crippen LogP contribution in [0.4, 0.5) is 0 Å². The zero-order valence-corrected chi connectivity index (χ0v) is 24.7. The number of quaternary nitrogens is 1. The van der Waals surface area contributed by atoms with Gasteiger partial charge in [-0.1, -0.05) is 60.7 Å². The Kier molecular flexibility index (Phi) is 9.23. The first kappa shape index (κ1) is 29.6. The predicted octanol–water partition coefficient (Wildman–Crippen LogP) is 5.32. The van der Waals surface area contributed by atoms with Gasteiger partial charge in [-0.15, -0.1) is 0 Å². The maximum Gasteiger partial charge on any atom is 0.295 e. The van der Waals surface area contributed by atoms with Crippen LogP contribution < -0.4 is 14.4 Å². The number of carbonyl (C=O) groups is 2. The van der Waals surface area contributed by atoms with Crippen molar-refractivity contribution in [3.63, 3.8) is 0 Å². The molecule has 1 aliphatic rings. The average Bonchev–Trinajstić information content (AvgIpc) is 3.26. The van der Waals surface area contributed by atoms with Gasteiger partial charge in [0.1, 0.15) is 29.6 Å². The number of nitrogens with zero attached hydrogens (tertiary/aromatic N) is 1. The van der Waals surface area contributed by atoms with Crippen LogP contribution >= 0.6 is 0 Å². The zero-order valence-electron chi connectivity index (χ0n) is 24.7. The lowest BCUT2D eigenvalue weighted by atomic mass is 9.94. The Bertz CT molecular complexity index is 1620. The van der Waals surface area contributed by atoms with E-state index in [1.165, 1.54) is 4.90 Å². The molecule has 4 aromatic rings. The fourth-order valence-electron chi connectivity index (χ4n) is 5.28. The highest BCUT2D eigenvalue weighted by Crippen LogP contribution is 2.41. The molecule has 7 nitrogen and oxygen atoms in total. The molecule has 0 spiro atoms. The largest absolute Gasteiger partial charge is 0.507 e. The molecule has 0 radical (unpaired) electrons. The molecule has 220 valence electrons. The summed E-state index contributed by atoms with van der Waals surface area (Å²) in [6.45, 7) is 3.51. The summed E-state index contributed by atoms with van der Waals surface area (Å²) in [4.78, 5) is 29.7. The van der Waals surface area contributed by atoms with E-state index in [1.807, 2.05) is 106 Å². The van der Waals surface area contributed by atoms with Crippen LogP contribution in [0.1, 0.15) is 34.7 Å². The molecule has 1 aliphatic heterocycles. The summed E-state index contributed by atoms with van der Waals surface area (Å²) >= 11 is 0. The van der Waals surface area contributed by atoms with Gasteiger partial charge in [0.15, 0.2) is 0 Å². The summed E-state index contributed by atoms with van der Waals surface area (Å²) in [6.07, 6.45) is 0.707. The van der Waals surface area contributed by atoms with Gasteiger partial charge in [-0.3, -0.25) is 9.59 Å². The number of amides is 1. The van der Waals surface area contributed by atoms with Crippen LogP contribution in [-0.2, 0) is 16.2 Å². The zero-order chi connectivity index (χ0) is 30.3. The monoisotopic (exact) mass is 577 g/mol. The third kappa shape index (κ3) is 6.96. The van der Waals surface area contributed by atoms with E-state index in [0.29, 0.717) is 47.9 Å². The highest BCUT2D eigenvalue weighted by molar-refractivity contribution is 6.46. The molecule has 1 atom stereocenters. The quantitative estimate of drug-likeness (QED) is 0.143. The second-order valence-corrected chi connectivity index (χ2v) is 11.0. The summed E-state index contributed by atoms with van der Waals surface area (Å²) in [5.41, 5.74) is 3.05. The van der Waals surface area contributed by atoms with Crippen molar-refractivity contribution in [3.05, 3.63) is 131 Å². The Morgan fingerprint density at radius 1 is 0.860 bits per heavy atom. The molecule has 0 aromatic heterocycles. The van der Waals surface area contributed by atoms with Crippen molar-refractivity contribution in [2.45, 2.75) is 26.0 Å². The Balaban J connectivity index is 1.49. The number of hydrogen-bond donors (Lipinski definition) is 2. The minimum atomic E-state index is -0.759. The van der Waals surface area contributed by atoms with Crippen LogP contribution in [0.15, 0.2) is 109 Å². The Labute approximate surface area is 252 Å². The molecule has 0 aliphatic carbocycles. The van der Waals surface area contributed by atoms with Crippen LogP contribution in [0.2, 0.25) is 0 Å². The summed E-state index contributed by atoms with van der Waals surface area (Å²) in [7, 11) is 4.09. The molecular weight excluding hydrogens is 540 g/mol. The third-order valence-corrected chi connectivity index (χ3v) is 7.45. The standard InChI is InChI=1S/C36H36N2O5/c1-25-22-28(18-19-31(25)42-24-26-12-6-4-7-13-26)34(39)32-33(38(36(41)35(32)40)21-11-20-37(2)3)27-14-10-17-30(23-27)43-29-15-8-5-9-16-29/h4-10,12-19,22-23,33,39H,11,20-21,24H2,1-3H3/p+1/t33-/m1/s1. The number of hydrogen-bond acceptors (Lipinski definition) is 5. The number of rotatable bonds is 11. The number of aliphatic hydroxyl groups excluding tert-OH is 1. The molecular formula is C36H37N2O5+. The predicted molar refractivity (Wildman–Crippen MR) is 166 cm³/mol. The van der Waals surface area contributed by atoms with Gasteiger partial charge in [-0.25, -0.2) is 0 Å². The molecule has 0 saturated carbocycles. The molecule has 4 aromatic carbocycles. The van der Waals surface area contributed by atoms with E-state index in [9.17, 15) is 14.7 Å². The van der Waals surface area contributed by atoms with Gasteiger partial charge in [0.2, 0.25) is 0 Å². The van der Waals surface area contributed by atoms with E-state index in [-0.39, 0.29) is 11.3 Å². The number of ether oxygens (including phenoxy) is 2. The molecule has 1 heterocycles. The summed E-state index contributed by atoms with van der Waals surface area (Å²) in [5, 5.41) is 11.6. The molecule has 1 saturated heterocycles. The molecule has 1 amide bonds. The number of likely N-dealkylation sites (tertiary alicyclic amines) is 1. The maximum absolute atomic E-state index is 13.5. The highest BCUT2D eigenvalue weighted by atomic mass is 16.5. The van der Waals surface area contributed by atoms with Crippen molar-refractivity contribution in [1.29, 1.82) is 0 Å². The van der Waals surface area contributed by atoms with Gasteiger partial charge in [-0.05, 0) is 66.1 Å². The van der Waals surface area contributed by atoms with E-state index in [1.54, 1.807) is 23.1 Å². The molecule has 1 fully saturated rings. The fourth-order valence-corrected chi connectivity index (χ4v) is 5.28. The van der Waals surface area contributed by atoms with Crippen molar-refractivity contribution in [2.24, 2.45) is 0 Å². The number of benzene rings is 4. The average molecular weight is 578 g/mol. The molecule has 0 bridgehead atoms. The SMILES string of the molecule is Cc1cc(C(O)=C2C(=O)C(=O)N(CCC[NH+](C)C)[C@@H]2c2cccc(Oc3ccccc3)c2)ccc1OCc1ccccc1. The number of carbonyl (C=O) groups excluding carboxylic acids is 2. The van der Waals surface area contributed by atoms with Crippen LogP contribution in [-0.4, -0.2) is 48.9 Å². The van der Waals surface area contributed by atoms with Gasteiger partial charge in [0, 0.05) is 18.5 Å². The summed E-state index contributed by atoms with van der Waals surface area (Å²) in [5.74, 6) is 0.395. The van der Waals surface area contributed by atoms with Crippen molar-refractivity contribution in [2.75, 3.05) is 27.2 Å². The van der Waals surface area contributed by atoms with Gasteiger partial charge < -0.3 is 24.4 Å². The van der Waals surface area contributed by atoms with E-state index in [2.05, 4.69) is 0 Å². The maximum atomic E-state index is 13.5. The van der Waals surface area contributed by atoms with E-state index >= 15 is 0 Å². The first-order chi connectivity index (χ1) is 20.8. The van der Waals surface area contributed by atoms with Crippen LogP contribution in [0, 0.1) is 6.92 Å². The lowest BCUT2D eigenvalue weighted by molar-refractivity contribution is -0.858. The van der Waals surface area contributed by atoms with Crippen LogP contribution in [0.25, 0.3) is 5.76 Å². The highest BCUT2D eigenvalue weighted by Gasteiger charge is 2.46. The van der Waals surface area contributed by atoms with Crippen molar-refractivity contribution < 1.29 is 29.1 Å². The minimum absolute atomic E-state index is 0.0661. The van der Waals surface area contributed by atoms with Gasteiger partial charge in [-0.2, -0.15) is 0 Å². The molecule has 5 rings (SSSR count). The van der Waals surface area contributed by atoms with Gasteiger partial charge in [0.25, 0.3) is 11.7 Å². The number of ketones is 1. The smallest absolute Gasteiger partial charge is 0.295 e. The lowest BCUT2D eigenvalue weighted by Crippen LogP contribution is -3.05. The van der Waals surface area contributed by atoms with Crippen molar-refractivity contribution in [1.82, 2.24) is 4.90 Å². The van der Waals surface area contributed by atoms with Gasteiger partial charge in [0.05, 0.1) is 32.3 Å². The van der Waals surface area contributed by atoms with E-state index < -0.39 is 17.7 Å². The summed E-state index contributed by atoms with van der Waals surface area (Å²) < 4.78 is 12.1. The molecule has 7 heteroatoms. The normalized spacial score (nSPS) is 16.1. The Morgan fingerprint density at radius 2 is 1.56 bits per heavy atom. The Morgan fingerprint density at radius 3 is 2.26 bits per heavy atom. The second kappa shape index (κ2) is 13.4. The number of nitrogens with one attached hydrogen (secondary N) is 1. The number of para-hydroxylation sites is 1. The van der Waals surface area contributed by atoms with Crippen LogP contribution in [0.3, 0.4) is 0 Å². The number of Topliss-reactive ketones (excluding diaryl/α,β-unsaturated/α-hetero) is 1. The topological polar surface area (TPSA) is 80.5 Å². The van der Waals surface area contributed by atoms with E-state index in [4.69, 9.17) is 9.47 Å². The fraction of sp³-hybridized carbons (Fsp3) is 0.222. The van der Waals surface area contributed by atoms with Crippen LogP contribution in [0.5, 0.6) is 17.2 Å². The summed E-state index contributed by atoms with van der Waals surface area (Å²) in [6, 6.07) is 31.2. The number of aliphatic hydroxyl groups is 1. The molecule has 0 unspecified atom stereocenters. The second-order valence-electron chi connectivity index (χ2n) is 11.0. The third-order valence-electron chi connectivity index (χ3n) is 7.45. The number of aryl methyl sites for hydroxylation is 1. The minimum Gasteiger partial charge on any atom is -0.507 e. The first-order valence-corrected chi connectivity index (χ1v) is 14.5. The first-order valence-electron chi connectivity index (χ1n) is 14.5. The van der Waals surface area contributed by atoms with Crippen molar-refractivity contribution in [3.8, 4) is 17.2 Å². The van der Waals surface area contributed by atoms with E-state index in [0.717, 1.165) is 17.7 Å². The lowest BCUT2D eigenvalue weighted by Gasteiger charge is -2.26. The molecule has 43 heavy (non-hydrogen) atoms.